The van der Waals surface area contributed by atoms with Crippen molar-refractivity contribution >= 4 is 17.3 Å². The number of nitrogens with two attached hydrogens (primary N) is 1. The second-order valence-corrected chi connectivity index (χ2v) is 7.07. The minimum Gasteiger partial charge on any atom is -0.384 e. The number of rotatable bonds is 4. The average Bonchev–Trinajstić information content (AvgIpc) is 2.89. The number of nitrogens with zero attached hydrogens (tertiary/aromatic N) is 3. The molecule has 6 nitrogen and oxygen atoms in total. The number of amides is 1. The highest BCUT2D eigenvalue weighted by molar-refractivity contribution is 5.93. The summed E-state index contributed by atoms with van der Waals surface area (Å²) in [4.78, 5) is 23.1. The van der Waals surface area contributed by atoms with Crippen LogP contribution in [0.3, 0.4) is 0 Å². The van der Waals surface area contributed by atoms with Gasteiger partial charge in [-0.2, -0.15) is 0 Å². The molecule has 2 bridgehead atoms. The van der Waals surface area contributed by atoms with Crippen LogP contribution in [0, 0.1) is 5.82 Å². The van der Waals surface area contributed by atoms with Crippen molar-refractivity contribution in [2.24, 2.45) is 0 Å². The van der Waals surface area contributed by atoms with Gasteiger partial charge in [0.2, 0.25) is 0 Å². The average molecular weight is 367 g/mol. The maximum atomic E-state index is 13.1. The molecule has 7 heteroatoms. The fourth-order valence-corrected chi connectivity index (χ4v) is 3.98. The predicted molar refractivity (Wildman–Crippen MR) is 101 cm³/mol. The molecule has 2 aromatic rings. The normalized spacial score (nSPS) is 21.8. The van der Waals surface area contributed by atoms with Crippen molar-refractivity contribution in [3.05, 3.63) is 59.3 Å². The van der Waals surface area contributed by atoms with Gasteiger partial charge < -0.3 is 11.1 Å². The van der Waals surface area contributed by atoms with Gasteiger partial charge in [-0.1, -0.05) is 18.2 Å². The Bertz CT molecular complexity index is 896. The zero-order valence-electron chi connectivity index (χ0n) is 15.2. The van der Waals surface area contributed by atoms with E-state index in [0.29, 0.717) is 17.7 Å². The van der Waals surface area contributed by atoms with Crippen LogP contribution < -0.4 is 11.1 Å². The van der Waals surface area contributed by atoms with Crippen molar-refractivity contribution in [1.29, 1.82) is 0 Å². The Kier molecular flexibility index (Phi) is 4.61. The lowest BCUT2D eigenvalue weighted by Gasteiger charge is -2.33. The van der Waals surface area contributed by atoms with E-state index in [2.05, 4.69) is 26.3 Å². The molecule has 2 aliphatic heterocycles. The summed E-state index contributed by atoms with van der Waals surface area (Å²) in [6, 6.07) is 8.84. The van der Waals surface area contributed by atoms with Gasteiger partial charge in [0.15, 0.2) is 5.82 Å². The van der Waals surface area contributed by atoms with Crippen LogP contribution in [0.15, 0.2) is 36.4 Å². The molecule has 1 unspecified atom stereocenters. The summed E-state index contributed by atoms with van der Waals surface area (Å²) in [5.41, 5.74) is 8.31. The maximum Gasteiger partial charge on any atom is 0.269 e. The number of benzene rings is 1. The summed E-state index contributed by atoms with van der Waals surface area (Å²) in [5.74, 6) is 0.337. The smallest absolute Gasteiger partial charge is 0.269 e. The monoisotopic (exact) mass is 367 g/mol. The van der Waals surface area contributed by atoms with Crippen molar-refractivity contribution in [1.82, 2.24) is 20.2 Å². The van der Waals surface area contributed by atoms with E-state index >= 15 is 0 Å². The van der Waals surface area contributed by atoms with Crippen LogP contribution in [0.1, 0.15) is 41.1 Å². The van der Waals surface area contributed by atoms with Gasteiger partial charge in [-0.15, -0.1) is 0 Å². The Labute approximate surface area is 157 Å². The lowest BCUT2D eigenvalue weighted by Crippen LogP contribution is -2.38. The number of nitrogen functional groups attached to an aromatic ring is 1. The first-order valence-corrected chi connectivity index (χ1v) is 9.11. The summed E-state index contributed by atoms with van der Waals surface area (Å²) in [7, 11) is 1.56. The third-order valence-corrected chi connectivity index (χ3v) is 5.31. The Balaban J connectivity index is 1.58. The highest BCUT2D eigenvalue weighted by atomic mass is 19.1. The van der Waals surface area contributed by atoms with Crippen LogP contribution in [-0.4, -0.2) is 39.9 Å². The first kappa shape index (κ1) is 17.6. The molecular weight excluding hydrogens is 345 g/mol. The second-order valence-electron chi connectivity index (χ2n) is 7.07. The summed E-state index contributed by atoms with van der Waals surface area (Å²) in [6.07, 6.45) is 5.17. The third-order valence-electron chi connectivity index (χ3n) is 5.31. The van der Waals surface area contributed by atoms with Gasteiger partial charge in [-0.25, -0.2) is 14.4 Å². The molecule has 0 radical (unpaired) electrons. The second kappa shape index (κ2) is 7.08. The van der Waals surface area contributed by atoms with Crippen LogP contribution in [0.25, 0.3) is 5.57 Å². The van der Waals surface area contributed by atoms with Crippen molar-refractivity contribution < 1.29 is 9.18 Å². The number of aromatic nitrogens is 2. The standard InChI is InChI=1S/C20H22FN5O/c1-23-20(27)17-10-18(22)25-19(24-17)13-8-15-6-7-16(9-13)26(15)11-12-2-4-14(21)5-3-12/h2-5,8,10,15-16H,6-7,9,11H2,1H3,(H,23,27)(H2,22,24,25)/t15-,16?/m1/s1. The Morgan fingerprint density at radius 3 is 2.78 bits per heavy atom. The maximum absolute atomic E-state index is 13.1. The SMILES string of the molecule is CNC(=O)c1cc(N)nc(C2=C[C@H]3CCC(C2)N3Cc2ccc(F)cc2)n1. The summed E-state index contributed by atoms with van der Waals surface area (Å²) < 4.78 is 13.1. The van der Waals surface area contributed by atoms with Crippen molar-refractivity contribution in [2.45, 2.75) is 37.9 Å². The van der Waals surface area contributed by atoms with Gasteiger partial charge in [-0.05, 0) is 42.5 Å². The quantitative estimate of drug-likeness (QED) is 0.867. The number of fused-ring (bicyclic) bond motifs is 2. The number of hydrogen-bond donors (Lipinski definition) is 2. The van der Waals surface area contributed by atoms with Gasteiger partial charge in [-0.3, -0.25) is 9.69 Å². The zero-order valence-corrected chi connectivity index (χ0v) is 15.2. The van der Waals surface area contributed by atoms with Gasteiger partial charge in [0.1, 0.15) is 17.3 Å². The Hall–Kier alpha value is -2.80. The molecule has 3 N–H and O–H groups in total. The van der Waals surface area contributed by atoms with Crippen LogP contribution in [0.4, 0.5) is 10.2 Å². The summed E-state index contributed by atoms with van der Waals surface area (Å²) in [5, 5.41) is 2.57. The van der Waals surface area contributed by atoms with E-state index in [0.717, 1.165) is 36.9 Å². The fourth-order valence-electron chi connectivity index (χ4n) is 3.98. The molecule has 2 atom stereocenters. The number of hydrogen-bond acceptors (Lipinski definition) is 5. The summed E-state index contributed by atoms with van der Waals surface area (Å²) >= 11 is 0. The Morgan fingerprint density at radius 1 is 1.30 bits per heavy atom. The highest BCUT2D eigenvalue weighted by Gasteiger charge is 2.37. The minimum atomic E-state index is -0.275. The van der Waals surface area contributed by atoms with Crippen LogP contribution in [-0.2, 0) is 6.54 Å². The number of halogens is 1. The molecular formula is C20H22FN5O. The molecule has 1 aromatic carbocycles. The van der Waals surface area contributed by atoms with Crippen molar-refractivity contribution in [3.63, 3.8) is 0 Å². The van der Waals surface area contributed by atoms with E-state index in [1.807, 2.05) is 12.1 Å². The molecule has 2 aliphatic rings. The van der Waals surface area contributed by atoms with E-state index < -0.39 is 0 Å². The first-order chi connectivity index (χ1) is 13.0. The molecule has 0 saturated carbocycles. The third kappa shape index (κ3) is 3.55. The fraction of sp³-hybridized carbons (Fsp3) is 0.350. The molecule has 4 rings (SSSR count). The summed E-state index contributed by atoms with van der Waals surface area (Å²) in [6.45, 7) is 0.792. The van der Waals surface area contributed by atoms with Crippen molar-refractivity contribution in [2.75, 3.05) is 12.8 Å². The topological polar surface area (TPSA) is 84.1 Å². The lowest BCUT2D eigenvalue weighted by molar-refractivity contribution is 0.0958. The minimum absolute atomic E-state index is 0.215. The van der Waals surface area contributed by atoms with Gasteiger partial charge in [0, 0.05) is 31.7 Å². The largest absolute Gasteiger partial charge is 0.384 e. The molecule has 0 spiro atoms. The van der Waals surface area contributed by atoms with E-state index in [9.17, 15) is 9.18 Å². The van der Waals surface area contributed by atoms with Crippen LogP contribution in [0.2, 0.25) is 0 Å². The number of carbonyl (C=O) groups is 1. The van der Waals surface area contributed by atoms with Gasteiger partial charge in [0.25, 0.3) is 5.91 Å². The number of carbonyl (C=O) groups excluding carboxylic acids is 1. The molecule has 3 heterocycles. The number of nitrogens with one attached hydrogen (secondary N) is 1. The predicted octanol–water partition coefficient (Wildman–Crippen LogP) is 2.38. The van der Waals surface area contributed by atoms with Crippen molar-refractivity contribution in [3.8, 4) is 0 Å². The molecule has 1 aromatic heterocycles. The van der Waals surface area contributed by atoms with E-state index in [4.69, 9.17) is 5.73 Å². The highest BCUT2D eigenvalue weighted by Crippen LogP contribution is 2.38. The molecule has 1 fully saturated rings. The molecule has 0 aliphatic carbocycles. The van der Waals surface area contributed by atoms with Gasteiger partial charge >= 0.3 is 0 Å². The zero-order chi connectivity index (χ0) is 19.0. The molecule has 27 heavy (non-hydrogen) atoms. The molecule has 1 amide bonds. The van der Waals surface area contributed by atoms with Crippen LogP contribution >= 0.6 is 0 Å². The molecule has 140 valence electrons. The first-order valence-electron chi connectivity index (χ1n) is 9.11. The van der Waals surface area contributed by atoms with E-state index in [-0.39, 0.29) is 23.5 Å². The lowest BCUT2D eigenvalue weighted by atomic mass is 9.99. The van der Waals surface area contributed by atoms with E-state index in [1.54, 1.807) is 7.05 Å². The van der Waals surface area contributed by atoms with E-state index in [1.165, 1.54) is 18.2 Å². The Morgan fingerprint density at radius 2 is 2.07 bits per heavy atom. The van der Waals surface area contributed by atoms with Crippen LogP contribution in [0.5, 0.6) is 0 Å². The number of anilines is 1. The molecule has 1 saturated heterocycles. The van der Waals surface area contributed by atoms with Gasteiger partial charge in [0.05, 0.1) is 0 Å².